The third kappa shape index (κ3) is 61.3. The molecule has 1 atom stereocenters. The molecule has 0 bridgehead atoms. The third-order valence-electron chi connectivity index (χ3n) is 12.3. The minimum absolute atomic E-state index is 0.0180. The smallest absolute Gasteiger partial charge is 0.407 e. The molecule has 33 nitrogen and oxygen atoms in total. The van der Waals surface area contributed by atoms with Gasteiger partial charge in [-0.05, 0) is 12.8 Å². The highest BCUT2D eigenvalue weighted by molar-refractivity contribution is 5.85. The van der Waals surface area contributed by atoms with Gasteiger partial charge in [0, 0.05) is 20.1 Å². The van der Waals surface area contributed by atoms with Crippen LogP contribution in [0.4, 0.5) is 4.79 Å². The molecule has 0 aromatic heterocycles. The normalized spacial score (nSPS) is 12.2. The Morgan fingerprint density at radius 2 is 0.581 bits per heavy atom. The van der Waals surface area contributed by atoms with E-state index in [1.165, 1.54) is 0 Å². The van der Waals surface area contributed by atoms with Crippen molar-refractivity contribution >= 4 is 18.0 Å². The second-order valence-corrected chi connectivity index (χ2v) is 20.4. The van der Waals surface area contributed by atoms with E-state index in [0.29, 0.717) is 52.3 Å². The van der Waals surface area contributed by atoms with Crippen LogP contribution in [0, 0.1) is 10.8 Å². The van der Waals surface area contributed by atoms with Crippen LogP contribution in [0.2, 0.25) is 0 Å². The monoisotopic (exact) mass is 1360 g/mol. The molecule has 0 aliphatic rings. The van der Waals surface area contributed by atoms with Crippen LogP contribution >= 0.6 is 0 Å². The van der Waals surface area contributed by atoms with Gasteiger partial charge in [0.05, 0.1) is 308 Å². The summed E-state index contributed by atoms with van der Waals surface area (Å²) >= 11 is 0. The quantitative estimate of drug-likeness (QED) is 0.0232. The van der Waals surface area contributed by atoms with Crippen molar-refractivity contribution in [3.63, 3.8) is 0 Å². The molecule has 0 radical (unpaired) electrons. The lowest BCUT2D eigenvalue weighted by Gasteiger charge is -2.33. The predicted octanol–water partition coefficient (Wildman–Crippen LogP) is -2.42. The molecule has 1 unspecified atom stereocenters. The summed E-state index contributed by atoms with van der Waals surface area (Å²) in [4.78, 5) is 41.2. The molecule has 0 heterocycles. The molecule has 554 valence electrons. The first kappa shape index (κ1) is 90.2. The third-order valence-corrected chi connectivity index (χ3v) is 12.3. The molecule has 0 aromatic carbocycles. The van der Waals surface area contributed by atoms with Crippen molar-refractivity contribution in [3.8, 4) is 0 Å². The summed E-state index contributed by atoms with van der Waals surface area (Å²) in [7, 11) is 1.55. The summed E-state index contributed by atoms with van der Waals surface area (Å²) in [5.41, 5.74) is -2.11. The van der Waals surface area contributed by atoms with Gasteiger partial charge in [0.15, 0.2) is 0 Å². The van der Waals surface area contributed by atoms with Gasteiger partial charge in [-0.1, -0.05) is 12.8 Å². The Labute approximate surface area is 549 Å². The number of nitrogens with one attached hydrogen (secondary N) is 2. The van der Waals surface area contributed by atoms with Crippen molar-refractivity contribution in [1.29, 1.82) is 0 Å². The van der Waals surface area contributed by atoms with E-state index in [-0.39, 0.29) is 297 Å². The number of amides is 2. The van der Waals surface area contributed by atoms with E-state index in [1.54, 1.807) is 7.11 Å². The first-order valence-corrected chi connectivity index (χ1v) is 32.2. The molecule has 0 spiro atoms. The molecule has 0 aromatic rings. The summed E-state index contributed by atoms with van der Waals surface area (Å²) in [5, 5.41) is 59.4. The molecule has 93 heavy (non-hydrogen) atoms. The Morgan fingerprint density at radius 1 is 0.312 bits per heavy atom. The van der Waals surface area contributed by atoms with Crippen molar-refractivity contribution in [2.24, 2.45) is 10.8 Å². The van der Waals surface area contributed by atoms with Gasteiger partial charge in [0.25, 0.3) is 0 Å². The number of hydrogen-bond acceptors (Lipinski definition) is 31. The zero-order valence-corrected chi connectivity index (χ0v) is 55.4. The molecule has 8 N–H and O–H groups in total. The Hall–Kier alpha value is -2.83. The molecule has 0 saturated carbocycles. The number of aliphatic hydroxyl groups excluding tert-OH is 6. The maximum absolute atomic E-state index is 13.9. The van der Waals surface area contributed by atoms with Crippen molar-refractivity contribution in [2.75, 3.05) is 324 Å². The Balaban J connectivity index is 6.27. The Kier molecular flexibility index (Phi) is 69.7. The van der Waals surface area contributed by atoms with Crippen LogP contribution in [0.1, 0.15) is 32.1 Å². The molecule has 0 fully saturated rings. The lowest BCUT2D eigenvalue weighted by molar-refractivity contribution is -0.157. The summed E-state index contributed by atoms with van der Waals surface area (Å²) in [6, 6.07) is -1.07. The zero-order valence-electron chi connectivity index (χ0n) is 55.4. The van der Waals surface area contributed by atoms with Crippen LogP contribution < -0.4 is 10.6 Å². The maximum atomic E-state index is 13.9. The molecule has 2 amide bonds. The van der Waals surface area contributed by atoms with Crippen LogP contribution in [0.15, 0.2) is 0 Å². The maximum Gasteiger partial charge on any atom is 0.407 e. The number of alkyl carbamates (subject to hydrolysis) is 1. The molecule has 0 saturated heterocycles. The van der Waals surface area contributed by atoms with Crippen molar-refractivity contribution in [3.05, 3.63) is 0 Å². The van der Waals surface area contributed by atoms with Gasteiger partial charge in [-0.3, -0.25) is 9.59 Å². The van der Waals surface area contributed by atoms with Gasteiger partial charge in [0.1, 0.15) is 19.3 Å². The fourth-order valence-electron chi connectivity index (χ4n) is 7.64. The summed E-state index contributed by atoms with van der Waals surface area (Å²) in [6.07, 6.45) is 0.504. The van der Waals surface area contributed by atoms with Crippen molar-refractivity contribution in [1.82, 2.24) is 10.6 Å². The van der Waals surface area contributed by atoms with Gasteiger partial charge in [-0.15, -0.1) is 0 Å². The van der Waals surface area contributed by atoms with Crippen molar-refractivity contribution in [2.45, 2.75) is 38.1 Å². The number of hydrogen-bond donors (Lipinski definition) is 8. The minimum atomic E-state index is -1.11. The number of unbranched alkanes of at least 4 members (excludes halogenated alkanes) is 2. The first-order chi connectivity index (χ1) is 45.7. The summed E-state index contributed by atoms with van der Waals surface area (Å²) in [6.45, 7) is 6.80. The SMILES string of the molecule is COCCOCCNC(=O)C(CCCCCC(=O)OCC(COCCOCCOCCO)(COCCOCCOCCO)COCCOCCOCCO)NC(=O)OCC(COCCOCCOCCO)(COCCOCCOCCO)COCCOCCOCCO. The second kappa shape index (κ2) is 71.9. The molecule has 0 aliphatic heterocycles. The number of rotatable bonds is 78. The van der Waals surface area contributed by atoms with Crippen LogP contribution in [0.5, 0.6) is 0 Å². The van der Waals surface area contributed by atoms with Gasteiger partial charge >= 0.3 is 12.1 Å². The predicted molar refractivity (Wildman–Crippen MR) is 330 cm³/mol. The first-order valence-electron chi connectivity index (χ1n) is 32.2. The summed E-state index contributed by atoms with van der Waals surface area (Å²) < 4.78 is 124. The fourth-order valence-corrected chi connectivity index (χ4v) is 7.64. The lowest BCUT2D eigenvalue weighted by atomic mass is 9.92. The Bertz CT molecular complexity index is 1460. The highest BCUT2D eigenvalue weighted by atomic mass is 16.6. The zero-order chi connectivity index (χ0) is 67.8. The van der Waals surface area contributed by atoms with E-state index in [9.17, 15) is 14.4 Å². The van der Waals surface area contributed by atoms with Gasteiger partial charge in [0.2, 0.25) is 5.91 Å². The van der Waals surface area contributed by atoms with Gasteiger partial charge in [-0.2, -0.15) is 0 Å². The second-order valence-electron chi connectivity index (χ2n) is 20.4. The molecule has 0 rings (SSSR count). The van der Waals surface area contributed by atoms with E-state index in [4.69, 9.17) is 135 Å². The number of ether oxygens (including phenoxy) is 22. The lowest BCUT2D eigenvalue weighted by Crippen LogP contribution is -2.49. The molecular formula is C60H118N2O31. The topological polar surface area (TPSA) is 400 Å². The van der Waals surface area contributed by atoms with Crippen LogP contribution in [-0.4, -0.2) is 379 Å². The summed E-state index contributed by atoms with van der Waals surface area (Å²) in [5.74, 6) is -0.996. The molecule has 33 heteroatoms. The standard InChI is InChI=1S/C60H118N2O31/c1-72-21-22-73-14-7-61-57(70)55(62-58(71)93-54-60(50-89-44-38-83-32-26-77-18-11-66,51-90-45-39-84-33-27-78-19-12-67)52-91-46-40-85-34-28-79-20-13-68)5-3-2-4-6-56(69)92-53-59(47-86-41-35-80-29-23-74-15-8-63,48-87-42-36-81-30-24-75-16-9-64)49-88-43-37-82-31-25-76-17-10-65/h55,63-68H,2-54H2,1H3,(H,61,70)(H,62,71). The van der Waals surface area contributed by atoms with E-state index < -0.39 is 34.8 Å². The number of carbonyl (C=O) groups is 3. The van der Waals surface area contributed by atoms with E-state index in [0.717, 1.165) is 0 Å². The van der Waals surface area contributed by atoms with E-state index in [1.807, 2.05) is 0 Å². The minimum Gasteiger partial charge on any atom is -0.465 e. The van der Waals surface area contributed by atoms with Crippen LogP contribution in [0.3, 0.4) is 0 Å². The number of methoxy groups -OCH3 is 1. The number of aliphatic hydroxyl groups is 6. The average molecular weight is 1360 g/mol. The highest BCUT2D eigenvalue weighted by Crippen LogP contribution is 2.23. The number of carbonyl (C=O) groups excluding carboxylic acids is 3. The molecule has 0 aliphatic carbocycles. The van der Waals surface area contributed by atoms with Gasteiger partial charge in [-0.25, -0.2) is 4.79 Å². The van der Waals surface area contributed by atoms with E-state index >= 15 is 0 Å². The largest absolute Gasteiger partial charge is 0.465 e. The average Bonchev–Trinajstić information content (AvgIpc) is 1.98. The number of esters is 1. The molecular weight excluding hydrogens is 1240 g/mol. The van der Waals surface area contributed by atoms with E-state index in [2.05, 4.69) is 10.6 Å². The van der Waals surface area contributed by atoms with Gasteiger partial charge < -0.3 is 145 Å². The van der Waals surface area contributed by atoms with Crippen LogP contribution in [-0.2, 0) is 114 Å². The fraction of sp³-hybridized carbons (Fsp3) is 0.950. The van der Waals surface area contributed by atoms with Crippen molar-refractivity contribution < 1.29 is 149 Å². The highest BCUT2D eigenvalue weighted by Gasteiger charge is 2.36. The van der Waals surface area contributed by atoms with Crippen LogP contribution in [0.25, 0.3) is 0 Å². The Morgan fingerprint density at radius 3 is 0.882 bits per heavy atom.